The Kier molecular flexibility index (Phi) is 11.3. The Morgan fingerprint density at radius 3 is 2.43 bits per heavy atom. The Hall–Kier alpha value is -1.36. The highest BCUT2D eigenvalue weighted by Crippen LogP contribution is 2.37. The number of methoxy groups -OCH3 is 1. The maximum Gasteiger partial charge on any atom is 0.319 e. The number of nitrogens with zero attached hydrogens (tertiary/aromatic N) is 1. The van der Waals surface area contributed by atoms with Crippen LogP contribution in [0.15, 0.2) is 12.7 Å². The van der Waals surface area contributed by atoms with Crippen LogP contribution in [0.4, 0.5) is 0 Å². The molecule has 0 radical (unpaired) electrons. The molecular weight excluding hydrogens is 476 g/mol. The Balaban J connectivity index is 2.49. The van der Waals surface area contributed by atoms with Gasteiger partial charge in [0.1, 0.15) is 18.1 Å². The van der Waals surface area contributed by atoms with Gasteiger partial charge >= 0.3 is 5.97 Å². The van der Waals surface area contributed by atoms with Gasteiger partial charge in [-0.15, -0.1) is 6.58 Å². The third-order valence-corrected chi connectivity index (χ3v) is 7.99. The van der Waals surface area contributed by atoms with Crippen LogP contribution in [-0.2, 0) is 28.5 Å². The van der Waals surface area contributed by atoms with E-state index in [4.69, 9.17) is 18.9 Å². The maximum atomic E-state index is 13.9. The van der Waals surface area contributed by atoms with Crippen molar-refractivity contribution in [3.8, 4) is 0 Å². The fraction of sp³-hybridized carbons (Fsp3) is 0.857. The van der Waals surface area contributed by atoms with Gasteiger partial charge in [-0.25, -0.2) is 0 Å². The molecule has 2 fully saturated rings. The van der Waals surface area contributed by atoms with E-state index in [0.29, 0.717) is 25.8 Å². The lowest BCUT2D eigenvalue weighted by molar-refractivity contribution is -0.295. The van der Waals surface area contributed by atoms with Gasteiger partial charge in [0.25, 0.3) is 0 Å². The number of carbonyl (C=O) groups excluding carboxylic acids is 2. The number of hydrogen-bond donors (Lipinski definition) is 2. The van der Waals surface area contributed by atoms with E-state index in [2.05, 4.69) is 18.8 Å². The summed E-state index contributed by atoms with van der Waals surface area (Å²) in [6, 6.07) is -0.274. The fourth-order valence-electron chi connectivity index (χ4n) is 5.61. The topological polar surface area (TPSA) is 107 Å². The minimum absolute atomic E-state index is 0.107. The molecule has 9 nitrogen and oxygen atoms in total. The second kappa shape index (κ2) is 13.1. The molecule has 0 bridgehead atoms. The van der Waals surface area contributed by atoms with E-state index in [-0.39, 0.29) is 36.5 Å². The number of ether oxygens (including phenoxy) is 4. The number of ketones is 1. The molecule has 2 rings (SSSR count). The first kappa shape index (κ1) is 31.9. The molecule has 0 aromatic carbocycles. The lowest BCUT2D eigenvalue weighted by Gasteiger charge is -2.47. The van der Waals surface area contributed by atoms with Crippen LogP contribution in [0.1, 0.15) is 60.8 Å². The Bertz CT molecular complexity index is 788. The summed E-state index contributed by atoms with van der Waals surface area (Å²) < 4.78 is 24.3. The van der Waals surface area contributed by atoms with E-state index in [9.17, 15) is 14.7 Å². The minimum atomic E-state index is -1.40. The van der Waals surface area contributed by atoms with Crippen molar-refractivity contribution in [3.63, 3.8) is 0 Å². The van der Waals surface area contributed by atoms with Crippen molar-refractivity contribution in [2.24, 2.45) is 17.3 Å². The van der Waals surface area contributed by atoms with Gasteiger partial charge in [0.15, 0.2) is 12.1 Å². The van der Waals surface area contributed by atoms with Crippen molar-refractivity contribution in [3.05, 3.63) is 12.7 Å². The molecule has 9 heteroatoms. The highest BCUT2D eigenvalue weighted by molar-refractivity contribution is 6.04. The van der Waals surface area contributed by atoms with Crippen molar-refractivity contribution in [2.45, 2.75) is 103 Å². The van der Waals surface area contributed by atoms with Gasteiger partial charge in [-0.1, -0.05) is 19.9 Å². The summed E-state index contributed by atoms with van der Waals surface area (Å²) in [6.45, 7) is 15.5. The van der Waals surface area contributed by atoms with Crippen molar-refractivity contribution in [2.75, 3.05) is 34.4 Å². The number of aliphatic hydroxyl groups is 1. The van der Waals surface area contributed by atoms with Gasteiger partial charge in [-0.3, -0.25) is 9.59 Å². The first-order valence-corrected chi connectivity index (χ1v) is 13.4. The largest absolute Gasteiger partial charge is 0.463 e. The normalized spacial score (nSPS) is 40.3. The molecular formula is C28H50N2O7. The van der Waals surface area contributed by atoms with Crippen molar-refractivity contribution < 1.29 is 33.6 Å². The molecule has 2 aliphatic rings. The highest BCUT2D eigenvalue weighted by atomic mass is 16.7. The SMILES string of the molecule is C=CC[C@H]1COC(=O)C(C)(C)C(=O)[C@H](C)[C@@H](O[C@@H]2OC(C)C[C@H](N(C)C)[C@H]2O)[C@](C)(OC)C[C@@H](C)CN1. The molecule has 214 valence electrons. The molecule has 0 saturated carbocycles. The van der Waals surface area contributed by atoms with Crippen LogP contribution in [0.3, 0.4) is 0 Å². The molecule has 2 aliphatic heterocycles. The van der Waals surface area contributed by atoms with Crippen LogP contribution in [-0.4, -0.2) is 98.4 Å². The second-order valence-corrected chi connectivity index (χ2v) is 12.0. The van der Waals surface area contributed by atoms with Gasteiger partial charge in [0.2, 0.25) is 0 Å². The minimum Gasteiger partial charge on any atom is -0.463 e. The third kappa shape index (κ3) is 7.61. The average Bonchev–Trinajstić information content (AvgIpc) is 2.83. The zero-order chi connectivity index (χ0) is 28.1. The van der Waals surface area contributed by atoms with Crippen LogP contribution in [0.25, 0.3) is 0 Å². The number of Topliss-reactive ketones (excluding diaryl/α,β-unsaturated/α-hetero) is 1. The van der Waals surface area contributed by atoms with E-state index in [1.54, 1.807) is 34.0 Å². The van der Waals surface area contributed by atoms with E-state index in [1.807, 2.05) is 32.8 Å². The monoisotopic (exact) mass is 526 g/mol. The molecule has 2 saturated heterocycles. The number of esters is 1. The molecule has 0 spiro atoms. The molecule has 2 N–H and O–H groups in total. The Morgan fingerprint density at radius 1 is 1.22 bits per heavy atom. The van der Waals surface area contributed by atoms with E-state index >= 15 is 0 Å². The number of nitrogens with one attached hydrogen (secondary N) is 1. The van der Waals surface area contributed by atoms with Crippen LogP contribution in [0.5, 0.6) is 0 Å². The fourth-order valence-corrected chi connectivity index (χ4v) is 5.61. The van der Waals surface area contributed by atoms with Gasteiger partial charge in [0.05, 0.1) is 17.8 Å². The average molecular weight is 527 g/mol. The lowest BCUT2D eigenvalue weighted by atomic mass is 9.74. The summed E-state index contributed by atoms with van der Waals surface area (Å²) in [5, 5.41) is 14.6. The summed E-state index contributed by atoms with van der Waals surface area (Å²) in [4.78, 5) is 28.9. The predicted molar refractivity (Wildman–Crippen MR) is 142 cm³/mol. The smallest absolute Gasteiger partial charge is 0.319 e. The molecule has 0 amide bonds. The summed E-state index contributed by atoms with van der Waals surface area (Å²) in [6.07, 6.45) is 0.821. The summed E-state index contributed by atoms with van der Waals surface area (Å²) in [5.74, 6) is -1.50. The molecule has 0 aliphatic carbocycles. The standard InChI is InChI=1S/C28H50N2O7/c1-11-12-20-16-35-26(33)27(5,6)23(32)19(4)24(28(7,34-10)14-17(2)15-29-20)37-25-22(31)21(30(8)9)13-18(3)36-25/h11,17-22,24-25,29,31H,1,12-16H2,2-10H3/t17-,18?,19+,20+,21+,22-,24-,25+,28-/m1/s1. The number of cyclic esters (lactones) is 1. The molecule has 2 heterocycles. The van der Waals surface area contributed by atoms with Crippen LogP contribution < -0.4 is 5.32 Å². The molecule has 0 aromatic rings. The number of hydrogen-bond acceptors (Lipinski definition) is 9. The number of aliphatic hydroxyl groups excluding tert-OH is 1. The predicted octanol–water partition coefficient (Wildman–Crippen LogP) is 2.55. The Morgan fingerprint density at radius 2 is 1.86 bits per heavy atom. The zero-order valence-electron chi connectivity index (χ0n) is 24.3. The van der Waals surface area contributed by atoms with Crippen LogP contribution in [0.2, 0.25) is 0 Å². The summed E-state index contributed by atoms with van der Waals surface area (Å²) in [5.41, 5.74) is -2.31. The molecule has 0 aromatic heterocycles. The van der Waals surface area contributed by atoms with Crippen LogP contribution in [0, 0.1) is 17.3 Å². The third-order valence-electron chi connectivity index (χ3n) is 7.99. The van der Waals surface area contributed by atoms with Crippen LogP contribution >= 0.6 is 0 Å². The van der Waals surface area contributed by atoms with E-state index in [1.165, 1.54) is 0 Å². The zero-order valence-corrected chi connectivity index (χ0v) is 24.3. The van der Waals surface area contributed by atoms with Crippen molar-refractivity contribution >= 4 is 11.8 Å². The number of likely N-dealkylation sites (N-methyl/N-ethyl adjacent to an activating group) is 1. The Labute approximate surface area is 223 Å². The quantitative estimate of drug-likeness (QED) is 0.307. The molecule has 9 atom stereocenters. The van der Waals surface area contributed by atoms with Gasteiger partial charge in [-0.2, -0.15) is 0 Å². The first-order valence-electron chi connectivity index (χ1n) is 13.4. The number of carbonyl (C=O) groups is 2. The molecule has 37 heavy (non-hydrogen) atoms. The summed E-state index contributed by atoms with van der Waals surface area (Å²) in [7, 11) is 5.43. The lowest BCUT2D eigenvalue weighted by Crippen LogP contribution is -2.59. The molecule has 1 unspecified atom stereocenters. The van der Waals surface area contributed by atoms with E-state index < -0.39 is 41.4 Å². The van der Waals surface area contributed by atoms with Crippen molar-refractivity contribution in [1.29, 1.82) is 0 Å². The first-order chi connectivity index (χ1) is 17.2. The van der Waals surface area contributed by atoms with Gasteiger partial charge < -0.3 is 34.3 Å². The van der Waals surface area contributed by atoms with Gasteiger partial charge in [-0.05, 0) is 73.5 Å². The highest BCUT2D eigenvalue weighted by Gasteiger charge is 2.51. The summed E-state index contributed by atoms with van der Waals surface area (Å²) >= 11 is 0. The number of rotatable bonds is 6. The van der Waals surface area contributed by atoms with E-state index in [0.717, 1.165) is 0 Å². The maximum absolute atomic E-state index is 13.9. The van der Waals surface area contributed by atoms with Gasteiger partial charge in [0, 0.05) is 25.1 Å². The second-order valence-electron chi connectivity index (χ2n) is 12.0. The van der Waals surface area contributed by atoms with Crippen molar-refractivity contribution in [1.82, 2.24) is 10.2 Å².